The molecule has 1 fully saturated rings. The molecule has 0 aromatic heterocycles. The molecule has 0 saturated carbocycles. The first kappa shape index (κ1) is 19.5. The van der Waals surface area contributed by atoms with Gasteiger partial charge in [-0.25, -0.2) is 0 Å². The summed E-state index contributed by atoms with van der Waals surface area (Å²) >= 11 is 0. The molecule has 2 aromatic carbocycles. The molecule has 0 bridgehead atoms. The molecule has 1 aliphatic heterocycles. The van der Waals surface area contributed by atoms with Crippen LogP contribution < -0.4 is 19.5 Å². The average Bonchev–Trinajstić information content (AvgIpc) is 3.09. The fraction of sp³-hybridized carbons (Fsp3) is 0.333. The molecular weight excluding hydrogens is 360 g/mol. The number of anilines is 1. The number of carbonyl (C=O) groups excluding carboxylic acids is 2. The maximum atomic E-state index is 12.7. The van der Waals surface area contributed by atoms with Crippen LogP contribution in [0.25, 0.3) is 0 Å². The second-order valence-corrected chi connectivity index (χ2v) is 6.58. The van der Waals surface area contributed by atoms with Crippen LogP contribution in [0.15, 0.2) is 42.5 Å². The van der Waals surface area contributed by atoms with Crippen LogP contribution >= 0.6 is 0 Å². The van der Waals surface area contributed by atoms with Gasteiger partial charge >= 0.3 is 0 Å². The Hall–Kier alpha value is -3.22. The molecule has 3 rings (SSSR count). The quantitative estimate of drug-likeness (QED) is 0.794. The predicted octanol–water partition coefficient (Wildman–Crippen LogP) is 2.70. The number of methoxy groups -OCH3 is 3. The number of benzene rings is 2. The van der Waals surface area contributed by atoms with Crippen LogP contribution in [-0.4, -0.2) is 44.6 Å². The predicted molar refractivity (Wildman–Crippen MR) is 105 cm³/mol. The highest BCUT2D eigenvalue weighted by atomic mass is 16.5. The van der Waals surface area contributed by atoms with Gasteiger partial charge < -0.3 is 24.4 Å². The molecule has 7 heteroatoms. The lowest BCUT2D eigenvalue weighted by Gasteiger charge is -2.17. The Kier molecular flexibility index (Phi) is 6.03. The van der Waals surface area contributed by atoms with E-state index in [0.29, 0.717) is 30.3 Å². The summed E-state index contributed by atoms with van der Waals surface area (Å²) in [6.45, 7) is 0.845. The molecule has 0 spiro atoms. The summed E-state index contributed by atoms with van der Waals surface area (Å²) in [4.78, 5) is 26.8. The Morgan fingerprint density at radius 2 is 1.71 bits per heavy atom. The van der Waals surface area contributed by atoms with Crippen LogP contribution in [0.4, 0.5) is 5.69 Å². The van der Waals surface area contributed by atoms with E-state index in [2.05, 4.69) is 5.32 Å². The van der Waals surface area contributed by atoms with Crippen LogP contribution in [0.1, 0.15) is 12.0 Å². The zero-order chi connectivity index (χ0) is 20.1. The van der Waals surface area contributed by atoms with Gasteiger partial charge in [0.1, 0.15) is 17.2 Å². The van der Waals surface area contributed by atoms with E-state index in [4.69, 9.17) is 14.2 Å². The number of nitrogens with zero attached hydrogens (tertiary/aromatic N) is 1. The summed E-state index contributed by atoms with van der Waals surface area (Å²) in [5, 5.41) is 2.86. The van der Waals surface area contributed by atoms with E-state index in [1.165, 1.54) is 7.11 Å². The van der Waals surface area contributed by atoms with E-state index >= 15 is 0 Å². The Labute approximate surface area is 164 Å². The van der Waals surface area contributed by atoms with Crippen molar-refractivity contribution in [1.29, 1.82) is 0 Å². The summed E-state index contributed by atoms with van der Waals surface area (Å²) in [6, 6.07) is 12.7. The first-order chi connectivity index (χ1) is 13.5. The molecule has 7 nitrogen and oxygen atoms in total. The van der Waals surface area contributed by atoms with Gasteiger partial charge in [-0.1, -0.05) is 12.1 Å². The number of carbonyl (C=O) groups is 2. The standard InChI is InChI=1S/C21H24N2O5/c1-26-16-6-4-14(5-7-16)12-23-13-15(10-20(23)24)21(25)22-18-11-17(27-2)8-9-19(18)28-3/h4-9,11,15H,10,12-13H2,1-3H3,(H,22,25). The van der Waals surface area contributed by atoms with Gasteiger partial charge in [-0.3, -0.25) is 9.59 Å². The third kappa shape index (κ3) is 4.36. The summed E-state index contributed by atoms with van der Waals surface area (Å²) in [5.74, 6) is 1.25. The van der Waals surface area contributed by atoms with Gasteiger partial charge in [-0.15, -0.1) is 0 Å². The fourth-order valence-corrected chi connectivity index (χ4v) is 3.20. The number of nitrogens with one attached hydrogen (secondary N) is 1. The highest BCUT2D eigenvalue weighted by molar-refractivity contribution is 5.98. The molecule has 1 heterocycles. The van der Waals surface area contributed by atoms with Crippen LogP contribution in [0, 0.1) is 5.92 Å². The largest absolute Gasteiger partial charge is 0.497 e. The van der Waals surface area contributed by atoms with E-state index in [9.17, 15) is 9.59 Å². The molecule has 1 unspecified atom stereocenters. The van der Waals surface area contributed by atoms with Gasteiger partial charge in [0.25, 0.3) is 0 Å². The summed E-state index contributed by atoms with van der Waals surface area (Å²) in [7, 11) is 4.70. The van der Waals surface area contributed by atoms with Crippen LogP contribution in [-0.2, 0) is 16.1 Å². The monoisotopic (exact) mass is 384 g/mol. The number of hydrogen-bond acceptors (Lipinski definition) is 5. The van der Waals surface area contributed by atoms with E-state index in [0.717, 1.165) is 11.3 Å². The van der Waals surface area contributed by atoms with Crippen molar-refractivity contribution in [3.8, 4) is 17.2 Å². The summed E-state index contributed by atoms with van der Waals surface area (Å²) in [5.41, 5.74) is 1.51. The van der Waals surface area contributed by atoms with E-state index in [1.54, 1.807) is 37.3 Å². The van der Waals surface area contributed by atoms with Crippen LogP contribution in [0.2, 0.25) is 0 Å². The van der Waals surface area contributed by atoms with Gasteiger partial charge in [0, 0.05) is 25.6 Å². The molecule has 1 saturated heterocycles. The third-order valence-electron chi connectivity index (χ3n) is 4.78. The highest BCUT2D eigenvalue weighted by Crippen LogP contribution is 2.30. The highest BCUT2D eigenvalue weighted by Gasteiger charge is 2.34. The van der Waals surface area contributed by atoms with Crippen molar-refractivity contribution < 1.29 is 23.8 Å². The molecule has 0 aliphatic carbocycles. The second-order valence-electron chi connectivity index (χ2n) is 6.58. The average molecular weight is 384 g/mol. The molecular formula is C21H24N2O5. The minimum absolute atomic E-state index is 0.0337. The second kappa shape index (κ2) is 8.65. The number of hydrogen-bond donors (Lipinski definition) is 1. The number of rotatable bonds is 7. The SMILES string of the molecule is COc1ccc(CN2CC(C(=O)Nc3cc(OC)ccc3OC)CC2=O)cc1. The number of ether oxygens (including phenoxy) is 3. The van der Waals surface area contributed by atoms with Crippen molar-refractivity contribution in [2.75, 3.05) is 33.2 Å². The summed E-state index contributed by atoms with van der Waals surface area (Å²) in [6.07, 6.45) is 0.189. The topological polar surface area (TPSA) is 77.1 Å². The van der Waals surface area contributed by atoms with Gasteiger partial charge in [0.05, 0.1) is 32.9 Å². The van der Waals surface area contributed by atoms with Crippen LogP contribution in [0.3, 0.4) is 0 Å². The number of likely N-dealkylation sites (tertiary alicyclic amines) is 1. The summed E-state index contributed by atoms with van der Waals surface area (Å²) < 4.78 is 15.6. The normalized spacial score (nSPS) is 16.0. The van der Waals surface area contributed by atoms with Crippen molar-refractivity contribution in [3.05, 3.63) is 48.0 Å². The maximum absolute atomic E-state index is 12.7. The molecule has 1 atom stereocenters. The molecule has 0 radical (unpaired) electrons. The van der Waals surface area contributed by atoms with Gasteiger partial charge in [0.2, 0.25) is 11.8 Å². The zero-order valence-electron chi connectivity index (χ0n) is 16.2. The molecule has 1 aliphatic rings. The lowest BCUT2D eigenvalue weighted by Crippen LogP contribution is -2.28. The minimum atomic E-state index is -0.415. The molecule has 1 N–H and O–H groups in total. The van der Waals surface area contributed by atoms with Crippen molar-refractivity contribution >= 4 is 17.5 Å². The Morgan fingerprint density at radius 1 is 1.04 bits per heavy atom. The van der Waals surface area contributed by atoms with Crippen LogP contribution in [0.5, 0.6) is 17.2 Å². The fourth-order valence-electron chi connectivity index (χ4n) is 3.20. The Balaban J connectivity index is 1.65. The van der Waals surface area contributed by atoms with E-state index in [1.807, 2.05) is 24.3 Å². The van der Waals surface area contributed by atoms with Gasteiger partial charge in [0.15, 0.2) is 0 Å². The van der Waals surface area contributed by atoms with Crippen molar-refractivity contribution in [2.45, 2.75) is 13.0 Å². The lowest BCUT2D eigenvalue weighted by atomic mass is 10.1. The Morgan fingerprint density at radius 3 is 2.36 bits per heavy atom. The molecule has 2 aromatic rings. The first-order valence-corrected chi connectivity index (χ1v) is 8.97. The molecule has 148 valence electrons. The maximum Gasteiger partial charge on any atom is 0.229 e. The van der Waals surface area contributed by atoms with Crippen molar-refractivity contribution in [3.63, 3.8) is 0 Å². The molecule has 2 amide bonds. The van der Waals surface area contributed by atoms with E-state index in [-0.39, 0.29) is 18.2 Å². The zero-order valence-corrected chi connectivity index (χ0v) is 16.2. The lowest BCUT2D eigenvalue weighted by molar-refractivity contribution is -0.128. The first-order valence-electron chi connectivity index (χ1n) is 8.97. The minimum Gasteiger partial charge on any atom is -0.497 e. The third-order valence-corrected chi connectivity index (χ3v) is 4.78. The Bertz CT molecular complexity index is 850. The van der Waals surface area contributed by atoms with Crippen molar-refractivity contribution in [1.82, 2.24) is 4.90 Å². The van der Waals surface area contributed by atoms with Gasteiger partial charge in [-0.05, 0) is 29.8 Å². The number of amides is 2. The van der Waals surface area contributed by atoms with Crippen molar-refractivity contribution in [2.24, 2.45) is 5.92 Å². The van der Waals surface area contributed by atoms with E-state index < -0.39 is 5.92 Å². The van der Waals surface area contributed by atoms with Gasteiger partial charge in [-0.2, -0.15) is 0 Å². The molecule has 28 heavy (non-hydrogen) atoms. The smallest absolute Gasteiger partial charge is 0.229 e.